The van der Waals surface area contributed by atoms with Gasteiger partial charge in [-0.05, 0) is 42.1 Å². The molecule has 4 aromatic rings. The number of rotatable bonds is 8. The minimum Gasteiger partial charge on any atom is -0.493 e. The molecule has 2 heterocycles. The maximum Gasteiger partial charge on any atom is 0.284 e. The monoisotopic (exact) mass is 498 g/mol. The van der Waals surface area contributed by atoms with Crippen molar-refractivity contribution < 1.29 is 19.2 Å². The summed E-state index contributed by atoms with van der Waals surface area (Å²) >= 11 is 2.33. The third-order valence-corrected chi connectivity index (χ3v) is 6.57. The van der Waals surface area contributed by atoms with Crippen molar-refractivity contribution in [2.45, 2.75) is 10.1 Å². The van der Waals surface area contributed by atoms with Gasteiger partial charge in [-0.25, -0.2) is 4.98 Å². The van der Waals surface area contributed by atoms with Crippen molar-refractivity contribution in [3.63, 3.8) is 0 Å². The number of thiazole rings is 1. The number of aromatic nitrogens is 4. The number of hydrogen-bond acceptors (Lipinski definition) is 10. The Morgan fingerprint density at radius 1 is 1.18 bits per heavy atom. The average molecular weight is 499 g/mol. The van der Waals surface area contributed by atoms with Gasteiger partial charge >= 0.3 is 0 Å². The van der Waals surface area contributed by atoms with E-state index in [1.807, 2.05) is 6.07 Å². The second-order valence-electron chi connectivity index (χ2n) is 6.83. The minimum atomic E-state index is -0.534. The molecule has 34 heavy (non-hydrogen) atoms. The summed E-state index contributed by atoms with van der Waals surface area (Å²) in [6, 6.07) is 9.66. The van der Waals surface area contributed by atoms with E-state index in [1.54, 1.807) is 43.3 Å². The van der Waals surface area contributed by atoms with Crippen LogP contribution in [0.1, 0.15) is 10.4 Å². The smallest absolute Gasteiger partial charge is 0.284 e. The van der Waals surface area contributed by atoms with Crippen LogP contribution in [0.3, 0.4) is 0 Å². The normalized spacial score (nSPS) is 10.7. The van der Waals surface area contributed by atoms with Gasteiger partial charge in [0.15, 0.2) is 21.8 Å². The van der Waals surface area contributed by atoms with E-state index in [4.69, 9.17) is 9.47 Å². The summed E-state index contributed by atoms with van der Waals surface area (Å²) in [5, 5.41) is 24.6. The van der Waals surface area contributed by atoms with E-state index in [1.165, 1.54) is 35.9 Å². The highest BCUT2D eigenvalue weighted by atomic mass is 32.2. The Morgan fingerprint density at radius 2 is 1.97 bits per heavy atom. The summed E-state index contributed by atoms with van der Waals surface area (Å²) in [7, 11) is 4.84. The molecular formula is C21H18N6O5S2. The number of anilines is 1. The first-order valence-electron chi connectivity index (χ1n) is 9.69. The summed E-state index contributed by atoms with van der Waals surface area (Å²) in [6.07, 6.45) is 1.50. The molecule has 174 valence electrons. The lowest BCUT2D eigenvalue weighted by Gasteiger charge is -2.08. The molecule has 0 radical (unpaired) electrons. The van der Waals surface area contributed by atoms with Gasteiger partial charge < -0.3 is 14.0 Å². The Balaban J connectivity index is 1.53. The Hall–Kier alpha value is -3.97. The van der Waals surface area contributed by atoms with E-state index in [0.717, 1.165) is 17.3 Å². The van der Waals surface area contributed by atoms with Gasteiger partial charge in [-0.1, -0.05) is 0 Å². The van der Waals surface area contributed by atoms with Gasteiger partial charge in [0.1, 0.15) is 6.33 Å². The standard InChI is InChI=1S/C21H18N6O5S2/c1-26-11-22-25-21(26)34-18-7-5-13(8-15(18)27(29)30)19(28)24-20-23-14(10-33-20)12-4-6-16(31-2)17(9-12)32-3/h4-11H,1-3H3,(H,23,24,28). The molecule has 0 saturated heterocycles. The van der Waals surface area contributed by atoms with Gasteiger partial charge in [0.05, 0.1) is 29.7 Å². The number of carbonyl (C=O) groups is 1. The highest BCUT2D eigenvalue weighted by molar-refractivity contribution is 7.99. The first-order valence-corrected chi connectivity index (χ1v) is 11.4. The first-order chi connectivity index (χ1) is 16.4. The molecule has 1 N–H and O–H groups in total. The molecule has 13 heteroatoms. The zero-order chi connectivity index (χ0) is 24.2. The quantitative estimate of drug-likeness (QED) is 0.279. The Bertz CT molecular complexity index is 1370. The van der Waals surface area contributed by atoms with Crippen LogP contribution < -0.4 is 14.8 Å². The fourth-order valence-electron chi connectivity index (χ4n) is 2.98. The zero-order valence-electron chi connectivity index (χ0n) is 18.2. The summed E-state index contributed by atoms with van der Waals surface area (Å²) < 4.78 is 12.2. The zero-order valence-corrected chi connectivity index (χ0v) is 19.8. The molecule has 0 aliphatic heterocycles. The van der Waals surface area contributed by atoms with Crippen LogP contribution >= 0.6 is 23.1 Å². The van der Waals surface area contributed by atoms with Crippen LogP contribution in [0.25, 0.3) is 11.3 Å². The van der Waals surface area contributed by atoms with Gasteiger partial charge in [-0.15, -0.1) is 21.5 Å². The highest BCUT2D eigenvalue weighted by Gasteiger charge is 2.21. The van der Waals surface area contributed by atoms with Crippen molar-refractivity contribution >= 4 is 39.8 Å². The number of nitrogens with zero attached hydrogens (tertiary/aromatic N) is 5. The second-order valence-corrected chi connectivity index (χ2v) is 8.70. The van der Waals surface area contributed by atoms with Crippen molar-refractivity contribution in [2.75, 3.05) is 19.5 Å². The lowest BCUT2D eigenvalue weighted by molar-refractivity contribution is -0.387. The van der Waals surface area contributed by atoms with Gasteiger partial charge in [-0.2, -0.15) is 0 Å². The summed E-state index contributed by atoms with van der Waals surface area (Å²) in [6.45, 7) is 0. The molecule has 0 spiro atoms. The third-order valence-electron chi connectivity index (χ3n) is 4.69. The van der Waals surface area contributed by atoms with Crippen molar-refractivity contribution in [1.82, 2.24) is 19.7 Å². The fraction of sp³-hybridized carbons (Fsp3) is 0.143. The predicted octanol–water partition coefficient (Wildman–Crippen LogP) is 4.27. The summed E-state index contributed by atoms with van der Waals surface area (Å²) in [4.78, 5) is 28.6. The number of nitro benzene ring substituents is 1. The van der Waals surface area contributed by atoms with Crippen LogP contribution in [-0.4, -0.2) is 44.8 Å². The number of nitro groups is 1. The number of carbonyl (C=O) groups excluding carboxylic acids is 1. The molecule has 2 aromatic heterocycles. The van der Waals surface area contributed by atoms with E-state index >= 15 is 0 Å². The largest absolute Gasteiger partial charge is 0.493 e. The Morgan fingerprint density at radius 3 is 2.65 bits per heavy atom. The lowest BCUT2D eigenvalue weighted by Crippen LogP contribution is -2.12. The number of methoxy groups -OCH3 is 2. The first kappa shape index (κ1) is 23.2. The van der Waals surface area contributed by atoms with Crippen molar-refractivity contribution in [2.24, 2.45) is 7.05 Å². The van der Waals surface area contributed by atoms with Crippen LogP contribution in [0.5, 0.6) is 11.5 Å². The molecule has 0 bridgehead atoms. The summed E-state index contributed by atoms with van der Waals surface area (Å²) in [5.74, 6) is 0.647. The van der Waals surface area contributed by atoms with E-state index in [9.17, 15) is 14.9 Å². The van der Waals surface area contributed by atoms with Crippen LogP contribution in [0, 0.1) is 10.1 Å². The molecule has 0 saturated carbocycles. The van der Waals surface area contributed by atoms with Crippen molar-refractivity contribution in [1.29, 1.82) is 0 Å². The highest BCUT2D eigenvalue weighted by Crippen LogP contribution is 2.35. The topological polar surface area (TPSA) is 134 Å². The third kappa shape index (κ3) is 4.84. The molecule has 2 aromatic carbocycles. The summed E-state index contributed by atoms with van der Waals surface area (Å²) in [5.41, 5.74) is 1.36. The van der Waals surface area contributed by atoms with Crippen LogP contribution in [0.15, 0.2) is 58.2 Å². The number of amides is 1. The van der Waals surface area contributed by atoms with Crippen molar-refractivity contribution in [3.8, 4) is 22.8 Å². The molecule has 1 amide bonds. The molecular weight excluding hydrogens is 480 g/mol. The number of ether oxygens (including phenoxy) is 2. The van der Waals surface area contributed by atoms with Gasteiger partial charge in [-0.3, -0.25) is 20.2 Å². The molecule has 4 rings (SSSR count). The predicted molar refractivity (Wildman–Crippen MR) is 127 cm³/mol. The number of hydrogen-bond donors (Lipinski definition) is 1. The minimum absolute atomic E-state index is 0.136. The van der Waals surface area contributed by atoms with Crippen LogP contribution in [0.2, 0.25) is 0 Å². The molecule has 11 nitrogen and oxygen atoms in total. The Labute approximate surface area is 201 Å². The SMILES string of the molecule is COc1ccc(-c2csc(NC(=O)c3ccc(Sc4nncn4C)c([N+](=O)[O-])c3)n2)cc1OC. The van der Waals surface area contributed by atoms with Gasteiger partial charge in [0.25, 0.3) is 11.6 Å². The van der Waals surface area contributed by atoms with E-state index in [2.05, 4.69) is 20.5 Å². The lowest BCUT2D eigenvalue weighted by atomic mass is 10.1. The molecule has 0 aliphatic rings. The van der Waals surface area contributed by atoms with Crippen LogP contribution in [-0.2, 0) is 7.05 Å². The van der Waals surface area contributed by atoms with Gasteiger partial charge in [0, 0.05) is 29.6 Å². The molecule has 0 atom stereocenters. The van der Waals surface area contributed by atoms with Gasteiger partial charge in [0.2, 0.25) is 0 Å². The van der Waals surface area contributed by atoms with E-state index < -0.39 is 10.8 Å². The number of benzene rings is 2. The maximum atomic E-state index is 12.8. The van der Waals surface area contributed by atoms with Crippen molar-refractivity contribution in [3.05, 3.63) is 63.8 Å². The second kappa shape index (κ2) is 9.89. The molecule has 0 fully saturated rings. The Kier molecular flexibility index (Phi) is 6.75. The maximum absolute atomic E-state index is 12.8. The van der Waals surface area contributed by atoms with E-state index in [0.29, 0.717) is 32.4 Å². The fourth-order valence-corrected chi connectivity index (χ4v) is 4.54. The number of nitrogens with one attached hydrogen (secondary N) is 1. The molecule has 0 unspecified atom stereocenters. The van der Waals surface area contributed by atoms with E-state index in [-0.39, 0.29) is 11.3 Å². The van der Waals surface area contributed by atoms with Crippen LogP contribution in [0.4, 0.5) is 10.8 Å². The number of aryl methyl sites for hydroxylation is 1. The molecule has 0 aliphatic carbocycles. The average Bonchev–Trinajstić information content (AvgIpc) is 3.47.